The lowest BCUT2D eigenvalue weighted by Gasteiger charge is -2.11. The standard InChI is InChI=1S/C20H18FNO3/c1-3-14-10-16(20(24)25)19(23)22-11-13(7-8-17(14)22)9-15-6-4-5-12(2)18(15)21/h4-8,10-11H,3,9H2,1-2H3,(H,24,25). The molecule has 0 unspecified atom stereocenters. The van der Waals surface area contributed by atoms with Crippen molar-refractivity contribution in [3.05, 3.63) is 86.6 Å². The number of benzene rings is 1. The van der Waals surface area contributed by atoms with Crippen molar-refractivity contribution < 1.29 is 14.3 Å². The molecule has 0 spiro atoms. The molecule has 3 aromatic rings. The van der Waals surface area contributed by atoms with E-state index in [4.69, 9.17) is 0 Å². The number of fused-ring (bicyclic) bond motifs is 1. The number of halogens is 1. The summed E-state index contributed by atoms with van der Waals surface area (Å²) < 4.78 is 15.6. The highest BCUT2D eigenvalue weighted by molar-refractivity contribution is 5.88. The van der Waals surface area contributed by atoms with Crippen LogP contribution in [0.4, 0.5) is 4.39 Å². The van der Waals surface area contributed by atoms with Crippen LogP contribution < -0.4 is 5.56 Å². The van der Waals surface area contributed by atoms with Crippen molar-refractivity contribution in [3.63, 3.8) is 0 Å². The summed E-state index contributed by atoms with van der Waals surface area (Å²) in [7, 11) is 0. The van der Waals surface area contributed by atoms with E-state index in [1.54, 1.807) is 37.4 Å². The molecule has 0 saturated heterocycles. The van der Waals surface area contributed by atoms with Crippen LogP contribution in [0.15, 0.2) is 47.4 Å². The van der Waals surface area contributed by atoms with Crippen LogP contribution in [-0.4, -0.2) is 15.5 Å². The van der Waals surface area contributed by atoms with Gasteiger partial charge in [0.25, 0.3) is 5.56 Å². The van der Waals surface area contributed by atoms with Crippen molar-refractivity contribution in [2.75, 3.05) is 0 Å². The average Bonchev–Trinajstić information content (AvgIpc) is 2.59. The van der Waals surface area contributed by atoms with E-state index in [0.29, 0.717) is 29.5 Å². The first-order chi connectivity index (χ1) is 11.9. The Hall–Kier alpha value is -2.95. The first-order valence-corrected chi connectivity index (χ1v) is 8.06. The molecule has 0 atom stereocenters. The lowest BCUT2D eigenvalue weighted by atomic mass is 10.0. The van der Waals surface area contributed by atoms with Crippen molar-refractivity contribution >= 4 is 11.5 Å². The third-order valence-electron chi connectivity index (χ3n) is 4.38. The zero-order valence-corrected chi connectivity index (χ0v) is 14.0. The molecule has 5 heteroatoms. The molecule has 0 aliphatic rings. The molecule has 25 heavy (non-hydrogen) atoms. The van der Waals surface area contributed by atoms with Gasteiger partial charge >= 0.3 is 5.97 Å². The van der Waals surface area contributed by atoms with Gasteiger partial charge in [0.2, 0.25) is 0 Å². The van der Waals surface area contributed by atoms with Gasteiger partial charge in [0, 0.05) is 12.6 Å². The smallest absolute Gasteiger partial charge is 0.341 e. The summed E-state index contributed by atoms with van der Waals surface area (Å²) in [5.74, 6) is -1.51. The van der Waals surface area contributed by atoms with E-state index >= 15 is 0 Å². The van der Waals surface area contributed by atoms with Crippen LogP contribution in [-0.2, 0) is 12.8 Å². The van der Waals surface area contributed by atoms with Crippen LogP contribution in [0.25, 0.3) is 5.52 Å². The molecule has 0 aliphatic carbocycles. The molecule has 0 aliphatic heterocycles. The van der Waals surface area contributed by atoms with Crippen molar-refractivity contribution in [2.24, 2.45) is 0 Å². The Morgan fingerprint density at radius 2 is 1.96 bits per heavy atom. The minimum atomic E-state index is -1.25. The summed E-state index contributed by atoms with van der Waals surface area (Å²) in [6.45, 7) is 3.61. The number of hydrogen-bond acceptors (Lipinski definition) is 2. The monoisotopic (exact) mass is 339 g/mol. The molecular weight excluding hydrogens is 321 g/mol. The second-order valence-corrected chi connectivity index (χ2v) is 6.06. The van der Waals surface area contributed by atoms with Gasteiger partial charge in [-0.05, 0) is 47.7 Å². The summed E-state index contributed by atoms with van der Waals surface area (Å²) in [6.07, 6.45) is 2.54. The Kier molecular flexibility index (Phi) is 4.40. The van der Waals surface area contributed by atoms with Gasteiger partial charge in [0.1, 0.15) is 11.4 Å². The van der Waals surface area contributed by atoms with E-state index in [-0.39, 0.29) is 11.4 Å². The number of aromatic nitrogens is 1. The van der Waals surface area contributed by atoms with Crippen LogP contribution >= 0.6 is 0 Å². The number of pyridine rings is 2. The van der Waals surface area contributed by atoms with E-state index in [1.165, 1.54) is 10.5 Å². The quantitative estimate of drug-likeness (QED) is 0.790. The minimum absolute atomic E-state index is 0.256. The molecule has 0 bridgehead atoms. The lowest BCUT2D eigenvalue weighted by Crippen LogP contribution is -2.23. The summed E-state index contributed by atoms with van der Waals surface area (Å²) in [5, 5.41) is 9.25. The topological polar surface area (TPSA) is 58.8 Å². The molecule has 1 N–H and O–H groups in total. The fourth-order valence-corrected chi connectivity index (χ4v) is 3.02. The zero-order valence-electron chi connectivity index (χ0n) is 14.0. The molecule has 2 heterocycles. The molecule has 128 valence electrons. The Balaban J connectivity index is 2.16. The Morgan fingerprint density at radius 1 is 1.20 bits per heavy atom. The molecule has 0 radical (unpaired) electrons. The molecule has 1 aromatic carbocycles. The molecular formula is C20H18FNO3. The number of carbonyl (C=O) groups is 1. The predicted molar refractivity (Wildman–Crippen MR) is 93.9 cm³/mol. The van der Waals surface area contributed by atoms with Gasteiger partial charge in [0.15, 0.2) is 0 Å². The van der Waals surface area contributed by atoms with Crippen LogP contribution in [0.1, 0.15) is 39.5 Å². The number of nitrogens with zero attached hydrogens (tertiary/aromatic N) is 1. The average molecular weight is 339 g/mol. The van der Waals surface area contributed by atoms with Crippen LogP contribution in [0.3, 0.4) is 0 Å². The van der Waals surface area contributed by atoms with Gasteiger partial charge in [0.05, 0.1) is 5.52 Å². The van der Waals surface area contributed by atoms with Gasteiger partial charge in [-0.2, -0.15) is 0 Å². The second-order valence-electron chi connectivity index (χ2n) is 6.06. The third kappa shape index (κ3) is 3.05. The second kappa shape index (κ2) is 6.51. The number of aryl methyl sites for hydroxylation is 2. The van der Waals surface area contributed by atoms with Gasteiger partial charge < -0.3 is 5.11 Å². The Morgan fingerprint density at radius 3 is 2.64 bits per heavy atom. The number of aromatic carboxylic acids is 1. The molecule has 0 fully saturated rings. The highest BCUT2D eigenvalue weighted by atomic mass is 19.1. The van der Waals surface area contributed by atoms with Gasteiger partial charge in [-0.1, -0.05) is 31.2 Å². The number of hydrogen-bond donors (Lipinski definition) is 1. The highest BCUT2D eigenvalue weighted by Crippen LogP contribution is 2.18. The van der Waals surface area contributed by atoms with Crippen molar-refractivity contribution in [2.45, 2.75) is 26.7 Å². The van der Waals surface area contributed by atoms with Crippen molar-refractivity contribution in [1.82, 2.24) is 4.40 Å². The fraction of sp³-hybridized carbons (Fsp3) is 0.200. The first-order valence-electron chi connectivity index (χ1n) is 8.06. The molecule has 0 saturated carbocycles. The fourth-order valence-electron chi connectivity index (χ4n) is 3.02. The maximum atomic E-state index is 14.2. The first kappa shape index (κ1) is 16.9. The molecule has 2 aromatic heterocycles. The SMILES string of the molecule is CCc1cc(C(=O)O)c(=O)n2cc(Cc3cccc(C)c3F)ccc12. The summed E-state index contributed by atoms with van der Waals surface area (Å²) >= 11 is 0. The number of carboxylic acids is 1. The maximum Gasteiger partial charge on any atom is 0.341 e. The molecule has 3 rings (SSSR count). The van der Waals surface area contributed by atoms with Crippen LogP contribution in [0.2, 0.25) is 0 Å². The van der Waals surface area contributed by atoms with Gasteiger partial charge in [-0.25, -0.2) is 9.18 Å². The van der Waals surface area contributed by atoms with Gasteiger partial charge in [-0.15, -0.1) is 0 Å². The highest BCUT2D eigenvalue weighted by Gasteiger charge is 2.15. The third-order valence-corrected chi connectivity index (χ3v) is 4.38. The number of rotatable bonds is 4. The minimum Gasteiger partial charge on any atom is -0.477 e. The summed E-state index contributed by atoms with van der Waals surface area (Å²) in [6, 6.07) is 10.3. The van der Waals surface area contributed by atoms with E-state index < -0.39 is 11.5 Å². The molecule has 0 amide bonds. The van der Waals surface area contributed by atoms with Crippen LogP contribution in [0.5, 0.6) is 0 Å². The predicted octanol–water partition coefficient (Wildman–Crippen LogP) is 3.60. The summed E-state index contributed by atoms with van der Waals surface area (Å²) in [5.41, 5.74) is 2.47. The van der Waals surface area contributed by atoms with E-state index in [9.17, 15) is 19.1 Å². The van der Waals surface area contributed by atoms with Crippen molar-refractivity contribution in [3.8, 4) is 0 Å². The van der Waals surface area contributed by atoms with E-state index in [2.05, 4.69) is 0 Å². The largest absolute Gasteiger partial charge is 0.477 e. The van der Waals surface area contributed by atoms with Crippen molar-refractivity contribution in [1.29, 1.82) is 0 Å². The zero-order chi connectivity index (χ0) is 18.1. The normalized spacial score (nSPS) is 11.0. The Labute approximate surface area is 144 Å². The summed E-state index contributed by atoms with van der Waals surface area (Å²) in [4.78, 5) is 23.8. The number of carboxylic acid groups (broad SMARTS) is 1. The van der Waals surface area contributed by atoms with Crippen LogP contribution in [0, 0.1) is 12.7 Å². The Bertz CT molecular complexity index is 1040. The molecule has 4 nitrogen and oxygen atoms in total. The van der Waals surface area contributed by atoms with E-state index in [0.717, 1.165) is 11.1 Å². The maximum absolute atomic E-state index is 14.2. The van der Waals surface area contributed by atoms with E-state index in [1.807, 2.05) is 13.0 Å². The van der Waals surface area contributed by atoms with Gasteiger partial charge in [-0.3, -0.25) is 9.20 Å². The lowest BCUT2D eigenvalue weighted by molar-refractivity contribution is 0.0694.